The average molecular weight is 402 g/mol. The molecule has 0 aliphatic heterocycles. The fraction of sp³-hybridized carbons (Fsp3) is 0.263. The van der Waals surface area contributed by atoms with Gasteiger partial charge in [0.1, 0.15) is 0 Å². The first-order chi connectivity index (χ1) is 13.1. The van der Waals surface area contributed by atoms with E-state index in [2.05, 4.69) is 17.2 Å². The van der Waals surface area contributed by atoms with Crippen LogP contribution in [0.5, 0.6) is 0 Å². The van der Waals surface area contributed by atoms with Gasteiger partial charge in [0.2, 0.25) is 5.91 Å². The Morgan fingerprint density at radius 2 is 2.07 bits per heavy atom. The molecule has 27 heavy (non-hydrogen) atoms. The number of non-ortho nitro benzene ring substituents is 1. The molecule has 0 aliphatic carbocycles. The first kappa shape index (κ1) is 19.3. The molecule has 1 N–H and O–H groups in total. The summed E-state index contributed by atoms with van der Waals surface area (Å²) in [6.07, 6.45) is 1.86. The molecule has 1 atom stereocenters. The summed E-state index contributed by atoms with van der Waals surface area (Å²) >= 11 is 2.71. The van der Waals surface area contributed by atoms with Crippen LogP contribution < -0.4 is 5.32 Å². The Labute approximate surface area is 165 Å². The van der Waals surface area contributed by atoms with E-state index in [4.69, 9.17) is 0 Å². The van der Waals surface area contributed by atoms with Crippen LogP contribution in [0.3, 0.4) is 0 Å². The molecule has 2 aromatic carbocycles. The van der Waals surface area contributed by atoms with Crippen LogP contribution in [-0.4, -0.2) is 21.6 Å². The first-order valence-corrected chi connectivity index (χ1v) is 10.4. The molecule has 0 bridgehead atoms. The van der Waals surface area contributed by atoms with E-state index in [9.17, 15) is 14.9 Å². The van der Waals surface area contributed by atoms with Crippen LogP contribution >= 0.6 is 23.1 Å². The molecule has 0 fully saturated rings. The van der Waals surface area contributed by atoms with Gasteiger partial charge in [-0.3, -0.25) is 14.9 Å². The fourth-order valence-electron chi connectivity index (χ4n) is 2.73. The molecule has 0 saturated heterocycles. The molecule has 6 nitrogen and oxygen atoms in total. The Morgan fingerprint density at radius 1 is 1.30 bits per heavy atom. The highest BCUT2D eigenvalue weighted by Gasteiger charge is 2.15. The summed E-state index contributed by atoms with van der Waals surface area (Å²) in [6.45, 7) is 2.09. The highest BCUT2D eigenvalue weighted by Crippen LogP contribution is 2.31. The molecule has 0 radical (unpaired) electrons. The Bertz CT molecular complexity index is 944. The number of nitrogens with one attached hydrogen (secondary N) is 1. The lowest BCUT2D eigenvalue weighted by atomic mass is 10.0. The Hall–Kier alpha value is -2.45. The largest absolute Gasteiger partial charge is 0.349 e. The summed E-state index contributed by atoms with van der Waals surface area (Å²) in [7, 11) is 0. The standard InChI is InChI=1S/C19H19N3O3S2/c1-2-6-15(13-7-4-3-5-8-13)20-18(23)12-26-19-21-16-10-9-14(22(24)25)11-17(16)27-19/h3-5,7-11,15H,2,6,12H2,1H3,(H,20,23)/t15-/m1/s1. The van der Waals surface area contributed by atoms with Gasteiger partial charge < -0.3 is 5.32 Å². The number of nitro benzene ring substituents is 1. The van der Waals surface area contributed by atoms with Gasteiger partial charge in [0.25, 0.3) is 5.69 Å². The van der Waals surface area contributed by atoms with Crippen molar-refractivity contribution in [3.63, 3.8) is 0 Å². The van der Waals surface area contributed by atoms with Crippen LogP contribution in [0.2, 0.25) is 0 Å². The lowest BCUT2D eigenvalue weighted by Crippen LogP contribution is -2.29. The van der Waals surface area contributed by atoms with Gasteiger partial charge in [-0.1, -0.05) is 55.4 Å². The monoisotopic (exact) mass is 401 g/mol. The molecule has 1 heterocycles. The van der Waals surface area contributed by atoms with Crippen LogP contribution in [0.15, 0.2) is 52.9 Å². The second-order valence-corrected chi connectivity index (χ2v) is 8.25. The normalized spacial score (nSPS) is 12.0. The second-order valence-electron chi connectivity index (χ2n) is 6.00. The van der Waals surface area contributed by atoms with E-state index in [1.54, 1.807) is 6.07 Å². The lowest BCUT2D eigenvalue weighted by Gasteiger charge is -2.18. The van der Waals surface area contributed by atoms with E-state index < -0.39 is 4.92 Å². The van der Waals surface area contributed by atoms with E-state index in [0.717, 1.165) is 27.4 Å². The van der Waals surface area contributed by atoms with E-state index in [-0.39, 0.29) is 23.4 Å². The number of nitro groups is 1. The minimum absolute atomic E-state index is 0.00215. The zero-order valence-electron chi connectivity index (χ0n) is 14.8. The molecule has 0 unspecified atom stereocenters. The highest BCUT2D eigenvalue weighted by atomic mass is 32.2. The van der Waals surface area contributed by atoms with Crippen LogP contribution in [0.25, 0.3) is 10.2 Å². The maximum atomic E-state index is 12.4. The zero-order valence-corrected chi connectivity index (χ0v) is 16.4. The molecular weight excluding hydrogens is 382 g/mol. The van der Waals surface area contributed by atoms with Crippen molar-refractivity contribution in [3.8, 4) is 0 Å². The van der Waals surface area contributed by atoms with Crippen LogP contribution in [-0.2, 0) is 4.79 Å². The molecule has 0 saturated carbocycles. The van der Waals surface area contributed by atoms with Gasteiger partial charge in [0.15, 0.2) is 4.34 Å². The summed E-state index contributed by atoms with van der Waals surface area (Å²) in [5, 5.41) is 14.0. The maximum Gasteiger partial charge on any atom is 0.270 e. The van der Waals surface area contributed by atoms with Crippen molar-refractivity contribution < 1.29 is 9.72 Å². The van der Waals surface area contributed by atoms with Crippen molar-refractivity contribution in [2.45, 2.75) is 30.1 Å². The summed E-state index contributed by atoms with van der Waals surface area (Å²) in [6, 6.07) is 14.5. The van der Waals surface area contributed by atoms with Gasteiger partial charge in [0.05, 0.1) is 26.9 Å². The first-order valence-electron chi connectivity index (χ1n) is 8.59. The molecule has 1 aromatic heterocycles. The third kappa shape index (κ3) is 5.05. The van der Waals surface area contributed by atoms with Crippen molar-refractivity contribution in [1.82, 2.24) is 10.3 Å². The van der Waals surface area contributed by atoms with Crippen molar-refractivity contribution in [3.05, 3.63) is 64.2 Å². The van der Waals surface area contributed by atoms with E-state index in [1.807, 2.05) is 30.3 Å². The molecule has 3 aromatic rings. The predicted molar refractivity (Wildman–Crippen MR) is 109 cm³/mol. The zero-order chi connectivity index (χ0) is 19.2. The molecule has 0 aliphatic rings. The molecule has 8 heteroatoms. The van der Waals surface area contributed by atoms with Gasteiger partial charge in [-0.2, -0.15) is 0 Å². The fourth-order valence-corrected chi connectivity index (χ4v) is 4.64. The smallest absolute Gasteiger partial charge is 0.270 e. The SMILES string of the molecule is CCC[C@@H](NC(=O)CSc1nc2ccc([N+](=O)[O-])cc2s1)c1ccccc1. The minimum atomic E-state index is -0.420. The number of hydrogen-bond acceptors (Lipinski definition) is 6. The number of rotatable bonds is 8. The number of benzene rings is 2. The third-order valence-corrected chi connectivity index (χ3v) is 6.17. The van der Waals surface area contributed by atoms with Gasteiger partial charge >= 0.3 is 0 Å². The summed E-state index contributed by atoms with van der Waals surface area (Å²) in [5.41, 5.74) is 1.86. The Balaban J connectivity index is 1.62. The minimum Gasteiger partial charge on any atom is -0.349 e. The van der Waals surface area contributed by atoms with Crippen molar-refractivity contribution in [1.29, 1.82) is 0 Å². The van der Waals surface area contributed by atoms with Crippen LogP contribution in [0.4, 0.5) is 5.69 Å². The summed E-state index contributed by atoms with van der Waals surface area (Å²) in [5.74, 6) is 0.210. The van der Waals surface area contributed by atoms with Crippen molar-refractivity contribution in [2.75, 3.05) is 5.75 Å². The van der Waals surface area contributed by atoms with Gasteiger partial charge in [-0.05, 0) is 18.1 Å². The summed E-state index contributed by atoms with van der Waals surface area (Å²) < 4.78 is 1.48. The van der Waals surface area contributed by atoms with Crippen molar-refractivity contribution in [2.24, 2.45) is 0 Å². The maximum absolute atomic E-state index is 12.4. The van der Waals surface area contributed by atoms with E-state index >= 15 is 0 Å². The van der Waals surface area contributed by atoms with Gasteiger partial charge in [0, 0.05) is 12.1 Å². The van der Waals surface area contributed by atoms with Crippen molar-refractivity contribution >= 4 is 44.9 Å². The molecule has 0 spiro atoms. The average Bonchev–Trinajstić information content (AvgIpc) is 3.09. The number of aromatic nitrogens is 1. The number of carbonyl (C=O) groups is 1. The number of thiazole rings is 1. The number of fused-ring (bicyclic) bond motifs is 1. The lowest BCUT2D eigenvalue weighted by molar-refractivity contribution is -0.384. The summed E-state index contributed by atoms with van der Waals surface area (Å²) in [4.78, 5) is 27.3. The topological polar surface area (TPSA) is 85.1 Å². The van der Waals surface area contributed by atoms with Gasteiger partial charge in [-0.25, -0.2) is 4.98 Å². The molecular formula is C19H19N3O3S2. The predicted octanol–water partition coefficient (Wildman–Crippen LogP) is 4.95. The quantitative estimate of drug-likeness (QED) is 0.328. The van der Waals surface area contributed by atoms with E-state index in [0.29, 0.717) is 5.52 Å². The van der Waals surface area contributed by atoms with Crippen LogP contribution in [0.1, 0.15) is 31.4 Å². The third-order valence-electron chi connectivity index (χ3n) is 4.00. The van der Waals surface area contributed by atoms with Gasteiger partial charge in [-0.15, -0.1) is 11.3 Å². The number of nitrogens with zero attached hydrogens (tertiary/aromatic N) is 2. The second kappa shape index (κ2) is 8.96. The number of hydrogen-bond donors (Lipinski definition) is 1. The molecule has 140 valence electrons. The molecule has 3 rings (SSSR count). The van der Waals surface area contributed by atoms with Crippen LogP contribution in [0, 0.1) is 10.1 Å². The Morgan fingerprint density at radius 3 is 2.78 bits per heavy atom. The molecule has 1 amide bonds. The number of thioether (sulfide) groups is 1. The Kier molecular flexibility index (Phi) is 6.41. The number of carbonyl (C=O) groups excluding carboxylic acids is 1. The highest BCUT2D eigenvalue weighted by molar-refractivity contribution is 8.01. The number of amides is 1. The van der Waals surface area contributed by atoms with E-state index in [1.165, 1.54) is 35.2 Å².